The zero-order chi connectivity index (χ0) is 15.6. The standard InChI is InChI=1S/C19H14.C4H8/c1-2-4-13-7-8-16-10-9-14-5-3-6-15-11-12-17(13)19(16)18(14)15;1-2-4-3-1/h2-3,5-12H,1,4H2;1-4H2. The highest BCUT2D eigenvalue weighted by Gasteiger charge is 2.09. The number of rotatable bonds is 2. The summed E-state index contributed by atoms with van der Waals surface area (Å²) in [5, 5.41) is 8.13. The molecule has 0 aliphatic heterocycles. The van der Waals surface area contributed by atoms with Crippen LogP contribution in [0.4, 0.5) is 0 Å². The third-order valence-electron chi connectivity index (χ3n) is 4.98. The Hall–Kier alpha value is -2.34. The second-order valence-electron chi connectivity index (χ2n) is 6.49. The molecule has 4 aromatic carbocycles. The van der Waals surface area contributed by atoms with Gasteiger partial charge in [-0.25, -0.2) is 0 Å². The van der Waals surface area contributed by atoms with Crippen LogP contribution in [0.2, 0.25) is 0 Å². The van der Waals surface area contributed by atoms with Crippen molar-refractivity contribution < 1.29 is 0 Å². The molecule has 0 heteroatoms. The molecule has 5 rings (SSSR count). The lowest BCUT2D eigenvalue weighted by Crippen LogP contribution is -1.88. The van der Waals surface area contributed by atoms with Crippen molar-refractivity contribution in [2.24, 2.45) is 0 Å². The summed E-state index contributed by atoms with van der Waals surface area (Å²) in [4.78, 5) is 0. The summed E-state index contributed by atoms with van der Waals surface area (Å²) in [7, 11) is 0. The first-order valence-electron chi connectivity index (χ1n) is 8.65. The quantitative estimate of drug-likeness (QED) is 0.280. The first kappa shape index (κ1) is 14.3. The van der Waals surface area contributed by atoms with E-state index in [1.807, 2.05) is 6.08 Å². The van der Waals surface area contributed by atoms with Gasteiger partial charge >= 0.3 is 0 Å². The summed E-state index contributed by atoms with van der Waals surface area (Å²) in [6, 6.07) is 19.9. The highest BCUT2D eigenvalue weighted by atomic mass is 14.1. The van der Waals surface area contributed by atoms with E-state index in [0.29, 0.717) is 0 Å². The van der Waals surface area contributed by atoms with E-state index in [1.54, 1.807) is 0 Å². The van der Waals surface area contributed by atoms with Crippen LogP contribution in [0.3, 0.4) is 0 Å². The first-order valence-corrected chi connectivity index (χ1v) is 8.65. The summed E-state index contributed by atoms with van der Waals surface area (Å²) in [5.74, 6) is 0. The van der Waals surface area contributed by atoms with E-state index in [-0.39, 0.29) is 0 Å². The summed E-state index contributed by atoms with van der Waals surface area (Å²) < 4.78 is 0. The van der Waals surface area contributed by atoms with Crippen LogP contribution in [-0.2, 0) is 6.42 Å². The van der Waals surface area contributed by atoms with Gasteiger partial charge < -0.3 is 0 Å². The molecule has 0 atom stereocenters. The lowest BCUT2D eigenvalue weighted by Gasteiger charge is -2.13. The zero-order valence-electron chi connectivity index (χ0n) is 13.5. The Labute approximate surface area is 137 Å². The van der Waals surface area contributed by atoms with E-state index in [1.165, 1.54) is 63.6 Å². The van der Waals surface area contributed by atoms with Crippen LogP contribution in [0.5, 0.6) is 0 Å². The molecule has 0 radical (unpaired) electrons. The fourth-order valence-corrected chi connectivity index (χ4v) is 3.38. The van der Waals surface area contributed by atoms with Gasteiger partial charge in [0, 0.05) is 0 Å². The van der Waals surface area contributed by atoms with Crippen molar-refractivity contribution in [3.63, 3.8) is 0 Å². The lowest BCUT2D eigenvalue weighted by molar-refractivity contribution is 0.504. The molecule has 1 saturated carbocycles. The molecule has 0 unspecified atom stereocenters. The van der Waals surface area contributed by atoms with Crippen molar-refractivity contribution in [3.8, 4) is 0 Å². The van der Waals surface area contributed by atoms with Gasteiger partial charge in [-0.1, -0.05) is 86.4 Å². The number of hydrogen-bond donors (Lipinski definition) is 0. The first-order chi connectivity index (χ1) is 11.4. The van der Waals surface area contributed by atoms with Gasteiger partial charge in [-0.15, -0.1) is 6.58 Å². The normalized spacial score (nSPS) is 13.7. The van der Waals surface area contributed by atoms with Gasteiger partial charge in [-0.2, -0.15) is 0 Å². The topological polar surface area (TPSA) is 0 Å². The van der Waals surface area contributed by atoms with Crippen molar-refractivity contribution in [2.75, 3.05) is 0 Å². The second-order valence-corrected chi connectivity index (χ2v) is 6.49. The minimum Gasteiger partial charge on any atom is -0.103 e. The molecule has 1 aliphatic rings. The van der Waals surface area contributed by atoms with Crippen molar-refractivity contribution in [1.29, 1.82) is 0 Å². The summed E-state index contributed by atoms with van der Waals surface area (Å²) in [6.07, 6.45) is 8.90. The Morgan fingerprint density at radius 1 is 0.696 bits per heavy atom. The van der Waals surface area contributed by atoms with Crippen LogP contribution in [0.1, 0.15) is 31.2 Å². The summed E-state index contributed by atoms with van der Waals surface area (Å²) in [5.41, 5.74) is 1.36. The molecule has 0 heterocycles. The van der Waals surface area contributed by atoms with Crippen molar-refractivity contribution in [2.45, 2.75) is 32.1 Å². The molecule has 0 spiro atoms. The van der Waals surface area contributed by atoms with Gasteiger partial charge in [0.1, 0.15) is 0 Å². The second kappa shape index (κ2) is 6.04. The minimum absolute atomic E-state index is 0.925. The molecular weight excluding hydrogens is 276 g/mol. The molecule has 0 aromatic heterocycles. The predicted molar refractivity (Wildman–Crippen MR) is 103 cm³/mol. The molecule has 0 amide bonds. The summed E-state index contributed by atoms with van der Waals surface area (Å²) >= 11 is 0. The van der Waals surface area contributed by atoms with Crippen LogP contribution >= 0.6 is 0 Å². The Morgan fingerprint density at radius 3 is 1.87 bits per heavy atom. The Morgan fingerprint density at radius 2 is 1.26 bits per heavy atom. The van der Waals surface area contributed by atoms with Gasteiger partial charge in [0.2, 0.25) is 0 Å². The van der Waals surface area contributed by atoms with Crippen LogP contribution in [0, 0.1) is 0 Å². The monoisotopic (exact) mass is 298 g/mol. The molecule has 0 saturated heterocycles. The fourth-order valence-electron chi connectivity index (χ4n) is 3.38. The van der Waals surface area contributed by atoms with Gasteiger partial charge in [-0.3, -0.25) is 0 Å². The van der Waals surface area contributed by atoms with Gasteiger partial charge in [0.05, 0.1) is 0 Å². The third kappa shape index (κ3) is 2.49. The largest absolute Gasteiger partial charge is 0.103 e. The third-order valence-corrected chi connectivity index (χ3v) is 4.98. The molecule has 0 N–H and O–H groups in total. The van der Waals surface area contributed by atoms with Crippen LogP contribution < -0.4 is 0 Å². The van der Waals surface area contributed by atoms with Gasteiger partial charge in [0.15, 0.2) is 0 Å². The lowest BCUT2D eigenvalue weighted by atomic mass is 9.91. The van der Waals surface area contributed by atoms with Gasteiger partial charge in [0.25, 0.3) is 0 Å². The van der Waals surface area contributed by atoms with E-state index < -0.39 is 0 Å². The predicted octanol–water partition coefficient (Wildman–Crippen LogP) is 6.87. The average molecular weight is 298 g/mol. The van der Waals surface area contributed by atoms with Crippen LogP contribution in [0.25, 0.3) is 32.3 Å². The number of benzene rings is 4. The maximum Gasteiger partial charge on any atom is -0.00239 e. The summed E-state index contributed by atoms with van der Waals surface area (Å²) in [6.45, 7) is 3.87. The SMILES string of the molecule is C1CCC1.C=CCc1ccc2ccc3cccc4ccc1c2c34. The highest BCUT2D eigenvalue weighted by Crippen LogP contribution is 2.35. The Bertz CT molecular complexity index is 938. The number of hydrogen-bond acceptors (Lipinski definition) is 0. The van der Waals surface area contributed by atoms with Crippen molar-refractivity contribution >= 4 is 32.3 Å². The zero-order valence-corrected chi connectivity index (χ0v) is 13.5. The van der Waals surface area contributed by atoms with Gasteiger partial charge in [-0.05, 0) is 44.3 Å². The van der Waals surface area contributed by atoms with Crippen LogP contribution in [-0.4, -0.2) is 0 Å². The van der Waals surface area contributed by atoms with E-state index >= 15 is 0 Å². The molecule has 4 aromatic rings. The average Bonchev–Trinajstić information content (AvgIpc) is 2.53. The molecule has 1 fully saturated rings. The van der Waals surface area contributed by atoms with Crippen molar-refractivity contribution in [3.05, 3.63) is 72.8 Å². The molecule has 23 heavy (non-hydrogen) atoms. The number of allylic oxidation sites excluding steroid dienone is 1. The van der Waals surface area contributed by atoms with E-state index in [4.69, 9.17) is 0 Å². The van der Waals surface area contributed by atoms with E-state index in [0.717, 1.165) is 6.42 Å². The molecule has 0 nitrogen and oxygen atoms in total. The van der Waals surface area contributed by atoms with Crippen LogP contribution in [0.15, 0.2) is 67.3 Å². The molecule has 1 aliphatic carbocycles. The maximum absolute atomic E-state index is 3.87. The maximum atomic E-state index is 3.87. The van der Waals surface area contributed by atoms with E-state index in [2.05, 4.69) is 61.2 Å². The highest BCUT2D eigenvalue weighted by molar-refractivity contribution is 6.23. The molecular formula is C23H22. The Balaban J connectivity index is 0.000000297. The molecule has 114 valence electrons. The van der Waals surface area contributed by atoms with Crippen molar-refractivity contribution in [1.82, 2.24) is 0 Å². The van der Waals surface area contributed by atoms with E-state index in [9.17, 15) is 0 Å². The fraction of sp³-hybridized carbons (Fsp3) is 0.217. The molecule has 0 bridgehead atoms. The minimum atomic E-state index is 0.925. The Kier molecular flexibility index (Phi) is 3.75. The smallest absolute Gasteiger partial charge is 0.00239 e.